The van der Waals surface area contributed by atoms with Gasteiger partial charge in [0.05, 0.1) is 26.4 Å². The molecule has 0 heterocycles. The SMILES string of the molecule is COc1ccc(COCc2cccc(NC(=O)C(C)N)c2)cc1. The first-order valence-electron chi connectivity index (χ1n) is 7.44. The maximum atomic E-state index is 11.6. The summed E-state index contributed by atoms with van der Waals surface area (Å²) in [6.45, 7) is 2.63. The minimum Gasteiger partial charge on any atom is -0.497 e. The summed E-state index contributed by atoms with van der Waals surface area (Å²) in [7, 11) is 1.64. The Morgan fingerprint density at radius 3 is 2.48 bits per heavy atom. The highest BCUT2D eigenvalue weighted by Gasteiger charge is 2.07. The Balaban J connectivity index is 1.86. The molecule has 0 aliphatic rings. The Morgan fingerprint density at radius 1 is 1.13 bits per heavy atom. The molecule has 1 unspecified atom stereocenters. The van der Waals surface area contributed by atoms with Crippen molar-refractivity contribution in [3.63, 3.8) is 0 Å². The third-order valence-electron chi connectivity index (χ3n) is 3.30. The van der Waals surface area contributed by atoms with Gasteiger partial charge in [0.2, 0.25) is 5.91 Å². The number of anilines is 1. The van der Waals surface area contributed by atoms with Crippen LogP contribution in [0.3, 0.4) is 0 Å². The molecule has 1 amide bonds. The van der Waals surface area contributed by atoms with E-state index in [0.717, 1.165) is 22.6 Å². The Labute approximate surface area is 136 Å². The second-order valence-corrected chi connectivity index (χ2v) is 5.32. The van der Waals surface area contributed by atoms with Gasteiger partial charge in [-0.05, 0) is 42.3 Å². The third kappa shape index (κ3) is 5.39. The van der Waals surface area contributed by atoms with Crippen molar-refractivity contribution in [3.8, 4) is 5.75 Å². The molecule has 0 aliphatic carbocycles. The van der Waals surface area contributed by atoms with Gasteiger partial charge < -0.3 is 20.5 Å². The zero-order valence-corrected chi connectivity index (χ0v) is 13.4. The van der Waals surface area contributed by atoms with Crippen molar-refractivity contribution in [1.82, 2.24) is 0 Å². The molecule has 0 spiro atoms. The van der Waals surface area contributed by atoms with E-state index in [1.54, 1.807) is 14.0 Å². The normalized spacial score (nSPS) is 11.8. The molecule has 0 bridgehead atoms. The second kappa shape index (κ2) is 8.31. The summed E-state index contributed by atoms with van der Waals surface area (Å²) in [4.78, 5) is 11.6. The first kappa shape index (κ1) is 17.0. The molecule has 0 saturated carbocycles. The van der Waals surface area contributed by atoms with Gasteiger partial charge in [0.1, 0.15) is 5.75 Å². The smallest absolute Gasteiger partial charge is 0.240 e. The fourth-order valence-corrected chi connectivity index (χ4v) is 2.00. The van der Waals surface area contributed by atoms with E-state index >= 15 is 0 Å². The van der Waals surface area contributed by atoms with Crippen molar-refractivity contribution in [2.24, 2.45) is 5.73 Å². The number of nitrogens with one attached hydrogen (secondary N) is 1. The first-order valence-corrected chi connectivity index (χ1v) is 7.44. The van der Waals surface area contributed by atoms with E-state index in [2.05, 4.69) is 5.32 Å². The van der Waals surface area contributed by atoms with E-state index in [0.29, 0.717) is 13.2 Å². The number of benzene rings is 2. The standard InChI is InChI=1S/C18H22N2O3/c1-13(19)18(21)20-16-5-3-4-15(10-16)12-23-11-14-6-8-17(22-2)9-7-14/h3-10,13H,11-12,19H2,1-2H3,(H,20,21). The summed E-state index contributed by atoms with van der Waals surface area (Å²) in [5.74, 6) is 0.618. The number of hydrogen-bond donors (Lipinski definition) is 2. The van der Waals surface area contributed by atoms with Gasteiger partial charge >= 0.3 is 0 Å². The van der Waals surface area contributed by atoms with Crippen LogP contribution in [0.1, 0.15) is 18.1 Å². The summed E-state index contributed by atoms with van der Waals surface area (Å²) in [5.41, 5.74) is 8.32. The molecule has 23 heavy (non-hydrogen) atoms. The van der Waals surface area contributed by atoms with Crippen LogP contribution in [0.15, 0.2) is 48.5 Å². The van der Waals surface area contributed by atoms with Gasteiger partial charge in [-0.3, -0.25) is 4.79 Å². The van der Waals surface area contributed by atoms with Crippen LogP contribution in [0.25, 0.3) is 0 Å². The fourth-order valence-electron chi connectivity index (χ4n) is 2.00. The maximum Gasteiger partial charge on any atom is 0.240 e. The molecule has 0 fully saturated rings. The van der Waals surface area contributed by atoms with Crippen LogP contribution in [0.2, 0.25) is 0 Å². The summed E-state index contributed by atoms with van der Waals surface area (Å²) >= 11 is 0. The Hall–Kier alpha value is -2.37. The molecule has 2 rings (SSSR count). The molecule has 3 N–H and O–H groups in total. The molecule has 2 aromatic carbocycles. The lowest BCUT2D eigenvalue weighted by Gasteiger charge is -2.10. The molecule has 1 atom stereocenters. The van der Waals surface area contributed by atoms with Crippen LogP contribution in [-0.2, 0) is 22.7 Å². The molecule has 0 saturated heterocycles. The number of carbonyl (C=O) groups excluding carboxylic acids is 1. The summed E-state index contributed by atoms with van der Waals surface area (Å²) < 4.78 is 10.8. The lowest BCUT2D eigenvalue weighted by atomic mass is 10.2. The first-order chi connectivity index (χ1) is 11.1. The van der Waals surface area contributed by atoms with E-state index in [9.17, 15) is 4.79 Å². The van der Waals surface area contributed by atoms with Gasteiger partial charge in [-0.1, -0.05) is 24.3 Å². The monoisotopic (exact) mass is 314 g/mol. The van der Waals surface area contributed by atoms with Crippen LogP contribution in [-0.4, -0.2) is 19.1 Å². The Kier molecular flexibility index (Phi) is 6.14. The number of carbonyl (C=O) groups is 1. The topological polar surface area (TPSA) is 73.6 Å². The van der Waals surface area contributed by atoms with E-state index in [1.807, 2.05) is 48.5 Å². The average molecular weight is 314 g/mol. The van der Waals surface area contributed by atoms with Crippen LogP contribution < -0.4 is 15.8 Å². The van der Waals surface area contributed by atoms with Crippen LogP contribution in [0.5, 0.6) is 5.75 Å². The van der Waals surface area contributed by atoms with Gasteiger partial charge in [-0.25, -0.2) is 0 Å². The predicted molar refractivity (Wildman–Crippen MR) is 90.2 cm³/mol. The Morgan fingerprint density at radius 2 is 1.83 bits per heavy atom. The largest absolute Gasteiger partial charge is 0.497 e. The molecule has 0 radical (unpaired) electrons. The molecule has 5 nitrogen and oxygen atoms in total. The van der Waals surface area contributed by atoms with E-state index in [-0.39, 0.29) is 5.91 Å². The number of hydrogen-bond acceptors (Lipinski definition) is 4. The van der Waals surface area contributed by atoms with Gasteiger partial charge in [-0.15, -0.1) is 0 Å². The highest BCUT2D eigenvalue weighted by atomic mass is 16.5. The zero-order valence-electron chi connectivity index (χ0n) is 13.4. The van der Waals surface area contributed by atoms with E-state index in [1.165, 1.54) is 0 Å². The lowest BCUT2D eigenvalue weighted by molar-refractivity contribution is -0.117. The quantitative estimate of drug-likeness (QED) is 0.824. The number of rotatable bonds is 7. The van der Waals surface area contributed by atoms with Gasteiger partial charge in [-0.2, -0.15) is 0 Å². The third-order valence-corrected chi connectivity index (χ3v) is 3.30. The van der Waals surface area contributed by atoms with Gasteiger partial charge in [0.25, 0.3) is 0 Å². The van der Waals surface area contributed by atoms with Crippen molar-refractivity contribution in [3.05, 3.63) is 59.7 Å². The van der Waals surface area contributed by atoms with Gasteiger partial charge in [0.15, 0.2) is 0 Å². The highest BCUT2D eigenvalue weighted by Crippen LogP contribution is 2.15. The summed E-state index contributed by atoms with van der Waals surface area (Å²) in [5, 5.41) is 2.77. The van der Waals surface area contributed by atoms with Crippen LogP contribution in [0, 0.1) is 0 Å². The maximum absolute atomic E-state index is 11.6. The van der Waals surface area contributed by atoms with Crippen LogP contribution >= 0.6 is 0 Å². The fraction of sp³-hybridized carbons (Fsp3) is 0.278. The minimum absolute atomic E-state index is 0.207. The Bertz CT molecular complexity index is 639. The molecular formula is C18H22N2O3. The predicted octanol–water partition coefficient (Wildman–Crippen LogP) is 2.70. The molecular weight excluding hydrogens is 292 g/mol. The van der Waals surface area contributed by atoms with E-state index < -0.39 is 6.04 Å². The molecule has 0 aromatic heterocycles. The number of nitrogens with two attached hydrogens (primary N) is 1. The summed E-state index contributed by atoms with van der Waals surface area (Å²) in [6, 6.07) is 14.8. The number of ether oxygens (including phenoxy) is 2. The summed E-state index contributed by atoms with van der Waals surface area (Å²) in [6.07, 6.45) is 0. The highest BCUT2D eigenvalue weighted by molar-refractivity contribution is 5.94. The zero-order chi connectivity index (χ0) is 16.7. The average Bonchev–Trinajstić information content (AvgIpc) is 2.56. The second-order valence-electron chi connectivity index (χ2n) is 5.32. The molecule has 2 aromatic rings. The minimum atomic E-state index is -0.537. The lowest BCUT2D eigenvalue weighted by Crippen LogP contribution is -2.32. The van der Waals surface area contributed by atoms with Crippen molar-refractivity contribution in [2.75, 3.05) is 12.4 Å². The van der Waals surface area contributed by atoms with E-state index in [4.69, 9.17) is 15.2 Å². The van der Waals surface area contributed by atoms with Crippen molar-refractivity contribution in [2.45, 2.75) is 26.2 Å². The van der Waals surface area contributed by atoms with Crippen molar-refractivity contribution < 1.29 is 14.3 Å². The molecule has 0 aliphatic heterocycles. The number of methoxy groups -OCH3 is 1. The van der Waals surface area contributed by atoms with Crippen molar-refractivity contribution in [1.29, 1.82) is 0 Å². The molecule has 5 heteroatoms. The molecule has 122 valence electrons. The van der Waals surface area contributed by atoms with Crippen molar-refractivity contribution >= 4 is 11.6 Å². The van der Waals surface area contributed by atoms with Crippen LogP contribution in [0.4, 0.5) is 5.69 Å². The van der Waals surface area contributed by atoms with Gasteiger partial charge in [0, 0.05) is 5.69 Å². The number of amides is 1.